The van der Waals surface area contributed by atoms with Gasteiger partial charge in [0.1, 0.15) is 11.2 Å². The zero-order chi connectivity index (χ0) is 43.1. The standard InChI is InChI=1S/C61H39N3O/c1-3-15-40(16-4-1)42-21-11-28-51(35-42)59-62-60(52-29-12-22-43(36-52)41-17-5-2-6-18-41)64-61(63-59)53-30-13-26-47(37-53)45-24-9-23-44(33-45)46-25-10-27-50(34-46)54-31-14-32-55-56-38-48-19-7-8-20-49(48)39-57(56)65-58(54)55/h1-39H. The number of benzene rings is 10. The molecule has 0 amide bonds. The van der Waals surface area contributed by atoms with Crippen molar-refractivity contribution in [2.75, 3.05) is 0 Å². The third-order valence-electron chi connectivity index (χ3n) is 12.3. The molecular weight excluding hydrogens is 791 g/mol. The van der Waals surface area contributed by atoms with E-state index in [-0.39, 0.29) is 0 Å². The van der Waals surface area contributed by atoms with E-state index in [9.17, 15) is 0 Å². The number of hydrogen-bond acceptors (Lipinski definition) is 4. The molecule has 0 fully saturated rings. The summed E-state index contributed by atoms with van der Waals surface area (Å²) in [6.07, 6.45) is 0. The lowest BCUT2D eigenvalue weighted by atomic mass is 9.95. The largest absolute Gasteiger partial charge is 0.455 e. The van der Waals surface area contributed by atoms with E-state index >= 15 is 0 Å². The first-order valence-corrected chi connectivity index (χ1v) is 21.9. The van der Waals surface area contributed by atoms with Crippen molar-refractivity contribution in [3.05, 3.63) is 237 Å². The second kappa shape index (κ2) is 16.2. The number of para-hydroxylation sites is 1. The van der Waals surface area contributed by atoms with Crippen LogP contribution < -0.4 is 0 Å². The Morgan fingerprint density at radius 2 is 0.600 bits per heavy atom. The molecule has 65 heavy (non-hydrogen) atoms. The molecule has 0 saturated heterocycles. The summed E-state index contributed by atoms with van der Waals surface area (Å²) in [7, 11) is 0. The van der Waals surface area contributed by atoms with Gasteiger partial charge in [-0.05, 0) is 103 Å². The molecule has 0 aliphatic carbocycles. The van der Waals surface area contributed by atoms with Gasteiger partial charge in [0, 0.05) is 33.0 Å². The molecule has 0 radical (unpaired) electrons. The quantitative estimate of drug-likeness (QED) is 0.153. The van der Waals surface area contributed by atoms with Gasteiger partial charge in [-0.15, -0.1) is 0 Å². The van der Waals surface area contributed by atoms with E-state index in [1.165, 1.54) is 10.8 Å². The van der Waals surface area contributed by atoms with Crippen LogP contribution in [0.5, 0.6) is 0 Å². The van der Waals surface area contributed by atoms with Crippen LogP contribution in [0, 0.1) is 0 Å². The minimum Gasteiger partial charge on any atom is -0.455 e. The first-order chi connectivity index (χ1) is 32.2. The van der Waals surface area contributed by atoms with Gasteiger partial charge in [0.25, 0.3) is 0 Å². The second-order valence-electron chi connectivity index (χ2n) is 16.4. The molecule has 4 heteroatoms. The fourth-order valence-corrected chi connectivity index (χ4v) is 8.99. The van der Waals surface area contributed by atoms with Crippen LogP contribution in [0.3, 0.4) is 0 Å². The van der Waals surface area contributed by atoms with Crippen LogP contribution in [0.2, 0.25) is 0 Å². The molecule has 10 aromatic carbocycles. The monoisotopic (exact) mass is 829 g/mol. The van der Waals surface area contributed by atoms with Crippen molar-refractivity contribution in [3.8, 4) is 89.8 Å². The van der Waals surface area contributed by atoms with Gasteiger partial charge in [-0.25, -0.2) is 15.0 Å². The topological polar surface area (TPSA) is 51.8 Å². The van der Waals surface area contributed by atoms with Crippen molar-refractivity contribution < 1.29 is 4.42 Å². The van der Waals surface area contributed by atoms with Gasteiger partial charge in [0.15, 0.2) is 17.5 Å². The summed E-state index contributed by atoms with van der Waals surface area (Å²) in [6.45, 7) is 0. The highest BCUT2D eigenvalue weighted by Crippen LogP contribution is 2.39. The fourth-order valence-electron chi connectivity index (χ4n) is 8.99. The number of aromatic nitrogens is 3. The Balaban J connectivity index is 0.918. The predicted octanol–water partition coefficient (Wildman–Crippen LogP) is 16.3. The molecule has 0 unspecified atom stereocenters. The molecule has 0 spiro atoms. The van der Waals surface area contributed by atoms with Gasteiger partial charge >= 0.3 is 0 Å². The maximum Gasteiger partial charge on any atom is 0.164 e. The summed E-state index contributed by atoms with van der Waals surface area (Å²) < 4.78 is 6.61. The summed E-state index contributed by atoms with van der Waals surface area (Å²) in [5.74, 6) is 1.85. The Kier molecular flexibility index (Phi) is 9.46. The average molecular weight is 830 g/mol. The zero-order valence-corrected chi connectivity index (χ0v) is 35.3. The van der Waals surface area contributed by atoms with Crippen molar-refractivity contribution in [3.63, 3.8) is 0 Å². The molecule has 12 rings (SSSR count). The molecule has 2 heterocycles. The normalized spacial score (nSPS) is 11.4. The van der Waals surface area contributed by atoms with Crippen molar-refractivity contribution in [1.29, 1.82) is 0 Å². The van der Waals surface area contributed by atoms with Crippen LogP contribution in [0.1, 0.15) is 0 Å². The SMILES string of the molecule is c1ccc(-c2cccc(-c3nc(-c4cccc(-c5ccccc5)c4)nc(-c4cccc(-c5cccc(-c6cccc(-c7cccc8c7oc7cc9ccccc9cc78)c6)c5)c4)n3)c2)cc1. The number of furan rings is 1. The van der Waals surface area contributed by atoms with Gasteiger partial charge in [0.2, 0.25) is 0 Å². The molecule has 2 aromatic heterocycles. The van der Waals surface area contributed by atoms with Crippen molar-refractivity contribution in [1.82, 2.24) is 15.0 Å². The molecular formula is C61H39N3O. The molecule has 0 aliphatic rings. The van der Waals surface area contributed by atoms with E-state index in [4.69, 9.17) is 19.4 Å². The van der Waals surface area contributed by atoms with E-state index in [1.54, 1.807) is 0 Å². The van der Waals surface area contributed by atoms with Crippen molar-refractivity contribution >= 4 is 32.7 Å². The molecule has 4 nitrogen and oxygen atoms in total. The number of rotatable bonds is 8. The van der Waals surface area contributed by atoms with Crippen LogP contribution >= 0.6 is 0 Å². The molecule has 0 N–H and O–H groups in total. The van der Waals surface area contributed by atoms with Crippen LogP contribution in [-0.4, -0.2) is 15.0 Å². The molecule has 0 aliphatic heterocycles. The predicted molar refractivity (Wildman–Crippen MR) is 268 cm³/mol. The Bertz CT molecular complexity index is 3620. The smallest absolute Gasteiger partial charge is 0.164 e. The van der Waals surface area contributed by atoms with Gasteiger partial charge < -0.3 is 4.42 Å². The first-order valence-electron chi connectivity index (χ1n) is 21.9. The van der Waals surface area contributed by atoms with Crippen LogP contribution in [0.4, 0.5) is 0 Å². The summed E-state index contributed by atoms with van der Waals surface area (Å²) in [4.78, 5) is 15.5. The maximum absolute atomic E-state index is 6.61. The summed E-state index contributed by atoms with van der Waals surface area (Å²) >= 11 is 0. The van der Waals surface area contributed by atoms with Gasteiger partial charge in [0.05, 0.1) is 0 Å². The van der Waals surface area contributed by atoms with E-state index in [1.807, 2.05) is 12.1 Å². The Morgan fingerprint density at radius 1 is 0.246 bits per heavy atom. The van der Waals surface area contributed by atoms with Crippen molar-refractivity contribution in [2.24, 2.45) is 0 Å². The highest BCUT2D eigenvalue weighted by Gasteiger charge is 2.17. The van der Waals surface area contributed by atoms with E-state index < -0.39 is 0 Å². The third kappa shape index (κ3) is 7.33. The fraction of sp³-hybridized carbons (Fsp3) is 0. The minimum absolute atomic E-state index is 0.610. The van der Waals surface area contributed by atoms with Gasteiger partial charge in [-0.3, -0.25) is 0 Å². The summed E-state index contributed by atoms with van der Waals surface area (Å²) in [5.41, 5.74) is 15.6. The average Bonchev–Trinajstić information content (AvgIpc) is 3.76. The van der Waals surface area contributed by atoms with Crippen LogP contribution in [0.15, 0.2) is 241 Å². The van der Waals surface area contributed by atoms with Crippen LogP contribution in [0.25, 0.3) is 123 Å². The molecule has 0 saturated carbocycles. The second-order valence-corrected chi connectivity index (χ2v) is 16.4. The molecule has 304 valence electrons. The van der Waals surface area contributed by atoms with E-state index in [0.29, 0.717) is 17.5 Å². The lowest BCUT2D eigenvalue weighted by Gasteiger charge is -2.12. The summed E-state index contributed by atoms with van der Waals surface area (Å²) in [5, 5.41) is 4.63. The molecule has 12 aromatic rings. The number of hydrogen-bond donors (Lipinski definition) is 0. The van der Waals surface area contributed by atoms with Crippen LogP contribution in [-0.2, 0) is 0 Å². The Hall–Kier alpha value is -8.73. The highest BCUT2D eigenvalue weighted by molar-refractivity contribution is 6.13. The lowest BCUT2D eigenvalue weighted by Crippen LogP contribution is -2.00. The first kappa shape index (κ1) is 38.0. The zero-order valence-electron chi connectivity index (χ0n) is 35.3. The van der Waals surface area contributed by atoms with E-state index in [0.717, 1.165) is 94.3 Å². The number of fused-ring (bicyclic) bond motifs is 4. The Labute approximate surface area is 376 Å². The highest BCUT2D eigenvalue weighted by atomic mass is 16.3. The lowest BCUT2D eigenvalue weighted by molar-refractivity contribution is 0.670. The Morgan fingerprint density at radius 3 is 1.09 bits per heavy atom. The van der Waals surface area contributed by atoms with Crippen molar-refractivity contribution in [2.45, 2.75) is 0 Å². The third-order valence-corrected chi connectivity index (χ3v) is 12.3. The maximum atomic E-state index is 6.61. The van der Waals surface area contributed by atoms with Gasteiger partial charge in [-0.2, -0.15) is 0 Å². The molecule has 0 atom stereocenters. The molecule has 0 bridgehead atoms. The van der Waals surface area contributed by atoms with Gasteiger partial charge in [-0.1, -0.05) is 194 Å². The summed E-state index contributed by atoms with van der Waals surface area (Å²) in [6, 6.07) is 83.0. The number of nitrogens with zero attached hydrogens (tertiary/aromatic N) is 3. The minimum atomic E-state index is 0.610. The van der Waals surface area contributed by atoms with E-state index in [2.05, 4.69) is 224 Å².